The van der Waals surface area contributed by atoms with Gasteiger partial charge in [0.15, 0.2) is 11.6 Å². The van der Waals surface area contributed by atoms with Crippen LogP contribution in [0.3, 0.4) is 0 Å². The van der Waals surface area contributed by atoms with Gasteiger partial charge in [-0.2, -0.15) is 0 Å². The van der Waals surface area contributed by atoms with Gasteiger partial charge in [0, 0.05) is 37.8 Å². The molecule has 0 aromatic carbocycles. The van der Waals surface area contributed by atoms with Crippen LogP contribution in [0.25, 0.3) is 0 Å². The molecule has 0 atom stereocenters. The number of carbonyl (C=O) groups is 2. The minimum atomic E-state index is -0.129. The number of aliphatic hydroxyl groups excluding tert-OH is 1. The number of nitrogens with zero attached hydrogens (tertiary/aromatic N) is 2. The highest BCUT2D eigenvalue weighted by atomic mass is 16.5. The molecule has 0 amide bonds. The molecule has 0 spiro atoms. The van der Waals surface area contributed by atoms with E-state index in [4.69, 9.17) is 4.52 Å². The van der Waals surface area contributed by atoms with E-state index in [9.17, 15) is 14.7 Å². The summed E-state index contributed by atoms with van der Waals surface area (Å²) < 4.78 is 5.40. The van der Waals surface area contributed by atoms with Crippen molar-refractivity contribution >= 4 is 17.3 Å². The van der Waals surface area contributed by atoms with E-state index in [1.807, 2.05) is 13.8 Å². The fourth-order valence-electron chi connectivity index (χ4n) is 3.84. The van der Waals surface area contributed by atoms with Crippen LogP contribution < -0.4 is 0 Å². The van der Waals surface area contributed by atoms with E-state index < -0.39 is 0 Å². The molecule has 6 heteroatoms. The fraction of sp³-hybridized carbons (Fsp3) is 0.524. The van der Waals surface area contributed by atoms with Crippen LogP contribution in [0.1, 0.15) is 67.8 Å². The zero-order chi connectivity index (χ0) is 19.6. The van der Waals surface area contributed by atoms with E-state index in [0.29, 0.717) is 67.0 Å². The lowest BCUT2D eigenvalue weighted by Crippen LogP contribution is -2.26. The SMILES string of the molecule is C=CCN=C1CCCC(=O)/C1=C(\O)CCc1noc2c1C(=O)CC(C)(C)C2. The van der Waals surface area contributed by atoms with Crippen LogP contribution in [0.4, 0.5) is 0 Å². The topological polar surface area (TPSA) is 92.8 Å². The van der Waals surface area contributed by atoms with Gasteiger partial charge in [0.2, 0.25) is 0 Å². The van der Waals surface area contributed by atoms with Crippen molar-refractivity contribution in [1.82, 2.24) is 5.16 Å². The molecule has 2 aliphatic rings. The van der Waals surface area contributed by atoms with Gasteiger partial charge in [-0.3, -0.25) is 14.6 Å². The largest absolute Gasteiger partial charge is 0.511 e. The molecule has 0 unspecified atom stereocenters. The van der Waals surface area contributed by atoms with Crippen molar-refractivity contribution in [3.8, 4) is 0 Å². The summed E-state index contributed by atoms with van der Waals surface area (Å²) >= 11 is 0. The van der Waals surface area contributed by atoms with Crippen LogP contribution in [-0.2, 0) is 17.6 Å². The fourth-order valence-corrected chi connectivity index (χ4v) is 3.84. The Kier molecular flexibility index (Phi) is 5.44. The van der Waals surface area contributed by atoms with Gasteiger partial charge < -0.3 is 9.63 Å². The highest BCUT2D eigenvalue weighted by Crippen LogP contribution is 2.36. The van der Waals surface area contributed by atoms with Crippen molar-refractivity contribution in [3.05, 3.63) is 41.0 Å². The lowest BCUT2D eigenvalue weighted by atomic mass is 9.76. The Balaban J connectivity index is 1.81. The van der Waals surface area contributed by atoms with Crippen molar-refractivity contribution < 1.29 is 19.2 Å². The Labute approximate surface area is 159 Å². The van der Waals surface area contributed by atoms with Gasteiger partial charge in [-0.1, -0.05) is 25.1 Å². The Morgan fingerprint density at radius 2 is 2.07 bits per heavy atom. The second-order valence-corrected chi connectivity index (χ2v) is 8.04. The van der Waals surface area contributed by atoms with Crippen molar-refractivity contribution in [3.63, 3.8) is 0 Å². The third-order valence-electron chi connectivity index (χ3n) is 5.07. The number of allylic oxidation sites excluding steroid dienone is 2. The molecule has 2 aliphatic carbocycles. The van der Waals surface area contributed by atoms with Crippen LogP contribution in [0.5, 0.6) is 0 Å². The standard InChI is InChI=1S/C21H26N2O4/c1-4-10-22-13-6-5-7-15(24)19(13)16(25)9-8-14-20-17(26)11-21(2,3)12-18(20)27-23-14/h4,25H,1,5-12H2,2-3H3/b19-16-,22-13?. The zero-order valence-electron chi connectivity index (χ0n) is 16.0. The highest BCUT2D eigenvalue weighted by Gasteiger charge is 2.36. The van der Waals surface area contributed by atoms with E-state index in [1.54, 1.807) is 6.08 Å². The molecular formula is C21H26N2O4. The van der Waals surface area contributed by atoms with E-state index in [-0.39, 0.29) is 29.2 Å². The van der Waals surface area contributed by atoms with Crippen molar-refractivity contribution in [2.75, 3.05) is 6.54 Å². The number of aromatic nitrogens is 1. The summed E-state index contributed by atoms with van der Waals surface area (Å²) in [6.07, 6.45) is 5.20. The zero-order valence-corrected chi connectivity index (χ0v) is 16.0. The second kappa shape index (κ2) is 7.62. The number of ketones is 2. The molecule has 0 aliphatic heterocycles. The molecule has 144 valence electrons. The second-order valence-electron chi connectivity index (χ2n) is 8.04. The summed E-state index contributed by atoms with van der Waals surface area (Å²) in [5, 5.41) is 14.6. The maximum atomic E-state index is 12.5. The predicted octanol–water partition coefficient (Wildman–Crippen LogP) is 3.95. The first-order valence-corrected chi connectivity index (χ1v) is 9.43. The molecular weight excluding hydrogens is 344 g/mol. The minimum absolute atomic E-state index is 0.0165. The molecule has 3 rings (SSSR count). The van der Waals surface area contributed by atoms with Gasteiger partial charge in [-0.25, -0.2) is 0 Å². The van der Waals surface area contributed by atoms with E-state index in [1.165, 1.54) is 0 Å². The summed E-state index contributed by atoms with van der Waals surface area (Å²) in [6, 6.07) is 0. The average molecular weight is 370 g/mol. The van der Waals surface area contributed by atoms with Crippen LogP contribution in [0.2, 0.25) is 0 Å². The first-order valence-electron chi connectivity index (χ1n) is 9.43. The van der Waals surface area contributed by atoms with E-state index >= 15 is 0 Å². The Bertz CT molecular complexity index is 842. The van der Waals surface area contributed by atoms with Gasteiger partial charge >= 0.3 is 0 Å². The molecule has 0 bridgehead atoms. The van der Waals surface area contributed by atoms with Gasteiger partial charge in [0.25, 0.3) is 0 Å². The van der Waals surface area contributed by atoms with Crippen LogP contribution in [0.15, 0.2) is 33.5 Å². The molecule has 0 radical (unpaired) electrons. The van der Waals surface area contributed by atoms with Gasteiger partial charge in [-0.15, -0.1) is 6.58 Å². The first-order chi connectivity index (χ1) is 12.8. The molecule has 6 nitrogen and oxygen atoms in total. The third kappa shape index (κ3) is 4.10. The molecule has 1 aromatic rings. The number of aryl methyl sites for hydroxylation is 1. The number of carbonyl (C=O) groups excluding carboxylic acids is 2. The number of aliphatic hydroxyl groups is 1. The van der Waals surface area contributed by atoms with Crippen LogP contribution in [-0.4, -0.2) is 34.1 Å². The van der Waals surface area contributed by atoms with Gasteiger partial charge in [0.05, 0.1) is 23.4 Å². The molecule has 1 heterocycles. The van der Waals surface area contributed by atoms with Crippen molar-refractivity contribution in [1.29, 1.82) is 0 Å². The van der Waals surface area contributed by atoms with Crippen molar-refractivity contribution in [2.45, 2.75) is 58.8 Å². The monoisotopic (exact) mass is 370 g/mol. The number of rotatable bonds is 5. The minimum Gasteiger partial charge on any atom is -0.511 e. The summed E-state index contributed by atoms with van der Waals surface area (Å²) in [4.78, 5) is 29.2. The van der Waals surface area contributed by atoms with Crippen LogP contribution in [0, 0.1) is 5.41 Å². The third-order valence-corrected chi connectivity index (χ3v) is 5.07. The number of hydrogen-bond acceptors (Lipinski definition) is 6. The average Bonchev–Trinajstić information content (AvgIpc) is 2.99. The quantitative estimate of drug-likeness (QED) is 0.481. The Hall–Kier alpha value is -2.50. The number of aliphatic imine (C=N–C) groups is 1. The summed E-state index contributed by atoms with van der Waals surface area (Å²) in [5.74, 6) is 0.594. The number of hydrogen-bond donors (Lipinski definition) is 1. The Morgan fingerprint density at radius 3 is 2.81 bits per heavy atom. The molecule has 1 saturated carbocycles. The molecule has 1 fully saturated rings. The van der Waals surface area contributed by atoms with Crippen molar-refractivity contribution in [2.24, 2.45) is 10.4 Å². The lowest BCUT2D eigenvalue weighted by molar-refractivity contribution is -0.115. The summed E-state index contributed by atoms with van der Waals surface area (Å²) in [6.45, 7) is 8.12. The molecule has 1 aromatic heterocycles. The maximum absolute atomic E-state index is 12.5. The Morgan fingerprint density at radius 1 is 1.30 bits per heavy atom. The first kappa shape index (κ1) is 19.3. The lowest BCUT2D eigenvalue weighted by Gasteiger charge is -2.26. The summed E-state index contributed by atoms with van der Waals surface area (Å²) in [7, 11) is 0. The number of fused-ring (bicyclic) bond motifs is 1. The molecule has 27 heavy (non-hydrogen) atoms. The smallest absolute Gasteiger partial charge is 0.168 e. The summed E-state index contributed by atoms with van der Waals surface area (Å²) in [5.41, 5.74) is 1.96. The number of Topliss-reactive ketones (excluding diaryl/α,β-unsaturated/α-hetero) is 2. The molecule has 0 saturated heterocycles. The van der Waals surface area contributed by atoms with Crippen LogP contribution >= 0.6 is 0 Å². The normalized spacial score (nSPS) is 22.7. The predicted molar refractivity (Wildman–Crippen MR) is 102 cm³/mol. The van der Waals surface area contributed by atoms with E-state index in [0.717, 1.165) is 6.42 Å². The van der Waals surface area contributed by atoms with Gasteiger partial charge in [0.1, 0.15) is 11.5 Å². The van der Waals surface area contributed by atoms with E-state index in [2.05, 4.69) is 16.7 Å². The van der Waals surface area contributed by atoms with Gasteiger partial charge in [-0.05, 0) is 18.3 Å². The molecule has 1 N–H and O–H groups in total. The highest BCUT2D eigenvalue weighted by molar-refractivity contribution is 6.24. The maximum Gasteiger partial charge on any atom is 0.168 e.